The van der Waals surface area contributed by atoms with Gasteiger partial charge in [-0.05, 0) is 48.8 Å². The lowest BCUT2D eigenvalue weighted by molar-refractivity contribution is 1.02. The van der Waals surface area contributed by atoms with Crippen LogP contribution in [0.2, 0.25) is 10.0 Å². The highest BCUT2D eigenvalue weighted by Gasteiger charge is 2.13. The van der Waals surface area contributed by atoms with Gasteiger partial charge in [0.2, 0.25) is 0 Å². The zero-order valence-electron chi connectivity index (χ0n) is 11.9. The van der Waals surface area contributed by atoms with Gasteiger partial charge in [-0.2, -0.15) is 0 Å². The quantitative estimate of drug-likeness (QED) is 0.693. The van der Waals surface area contributed by atoms with Crippen molar-refractivity contribution < 1.29 is 0 Å². The molecule has 0 spiro atoms. The third kappa shape index (κ3) is 3.59. The maximum atomic E-state index is 6.26. The van der Waals surface area contributed by atoms with Crippen molar-refractivity contribution in [3.63, 3.8) is 0 Å². The van der Waals surface area contributed by atoms with E-state index in [4.69, 9.17) is 23.2 Å². The van der Waals surface area contributed by atoms with Gasteiger partial charge in [-0.25, -0.2) is 9.97 Å². The summed E-state index contributed by atoms with van der Waals surface area (Å²) in [5.74, 6) is 2.20. The first-order valence-corrected chi connectivity index (χ1v) is 7.98. The van der Waals surface area contributed by atoms with Crippen molar-refractivity contribution in [3.8, 4) is 0 Å². The van der Waals surface area contributed by atoms with Crippen molar-refractivity contribution in [1.29, 1.82) is 0 Å². The molecular weight excluding hydrogens is 375 g/mol. The van der Waals surface area contributed by atoms with Crippen LogP contribution in [-0.4, -0.2) is 16.5 Å². The molecule has 0 aliphatic rings. The van der Waals surface area contributed by atoms with Crippen molar-refractivity contribution in [2.75, 3.05) is 17.2 Å². The molecule has 112 valence electrons. The molecule has 21 heavy (non-hydrogen) atoms. The molecule has 2 aromatic rings. The van der Waals surface area contributed by atoms with Crippen molar-refractivity contribution in [2.45, 2.75) is 20.8 Å². The van der Waals surface area contributed by atoms with Crippen LogP contribution in [0.25, 0.3) is 0 Å². The van der Waals surface area contributed by atoms with E-state index in [-0.39, 0.29) is 0 Å². The van der Waals surface area contributed by atoms with Crippen LogP contribution in [0, 0.1) is 13.8 Å². The lowest BCUT2D eigenvalue weighted by Crippen LogP contribution is -2.08. The Morgan fingerprint density at radius 1 is 1.10 bits per heavy atom. The van der Waals surface area contributed by atoms with E-state index in [1.54, 1.807) is 0 Å². The highest BCUT2D eigenvalue weighted by atomic mass is 79.9. The van der Waals surface area contributed by atoms with Crippen LogP contribution in [0.15, 0.2) is 16.6 Å². The Bertz CT molecular complexity index is 677. The van der Waals surface area contributed by atoms with Gasteiger partial charge in [0, 0.05) is 16.6 Å². The van der Waals surface area contributed by atoms with Crippen molar-refractivity contribution in [3.05, 3.63) is 38.0 Å². The van der Waals surface area contributed by atoms with E-state index in [9.17, 15) is 0 Å². The third-order valence-corrected chi connectivity index (χ3v) is 4.66. The summed E-state index contributed by atoms with van der Waals surface area (Å²) in [4.78, 5) is 8.82. The van der Waals surface area contributed by atoms with Crippen LogP contribution in [-0.2, 0) is 0 Å². The van der Waals surface area contributed by atoms with Gasteiger partial charge in [0.05, 0.1) is 15.7 Å². The maximum absolute atomic E-state index is 6.26. The monoisotopic (exact) mass is 388 g/mol. The van der Waals surface area contributed by atoms with Gasteiger partial charge < -0.3 is 10.6 Å². The summed E-state index contributed by atoms with van der Waals surface area (Å²) in [6.45, 7) is 6.62. The zero-order valence-corrected chi connectivity index (χ0v) is 15.0. The molecule has 0 saturated carbocycles. The summed E-state index contributed by atoms with van der Waals surface area (Å²) in [5, 5.41) is 7.36. The van der Waals surface area contributed by atoms with Crippen LogP contribution >= 0.6 is 39.1 Å². The Morgan fingerprint density at radius 3 is 2.43 bits per heavy atom. The molecule has 0 fully saturated rings. The van der Waals surface area contributed by atoms with Gasteiger partial charge in [0.15, 0.2) is 0 Å². The second-order valence-electron chi connectivity index (χ2n) is 4.47. The Labute approximate surface area is 142 Å². The first-order chi connectivity index (χ1) is 9.93. The van der Waals surface area contributed by atoms with Gasteiger partial charge in [-0.1, -0.05) is 23.2 Å². The molecular formula is C14H15BrCl2N4. The van der Waals surface area contributed by atoms with E-state index >= 15 is 0 Å². The SMILES string of the molecule is CCNc1nc(C)nc(Nc2ccc(Br)c(Cl)c2Cl)c1C. The largest absolute Gasteiger partial charge is 0.370 e. The molecule has 1 heterocycles. The van der Waals surface area contributed by atoms with Crippen LogP contribution in [0.3, 0.4) is 0 Å². The number of benzene rings is 1. The number of rotatable bonds is 4. The summed E-state index contributed by atoms with van der Waals surface area (Å²) < 4.78 is 0.753. The summed E-state index contributed by atoms with van der Waals surface area (Å²) in [6.07, 6.45) is 0. The maximum Gasteiger partial charge on any atom is 0.139 e. The fourth-order valence-electron chi connectivity index (χ4n) is 1.84. The number of halogens is 3. The van der Waals surface area contributed by atoms with Crippen LogP contribution < -0.4 is 10.6 Å². The zero-order chi connectivity index (χ0) is 15.6. The van der Waals surface area contributed by atoms with E-state index in [0.717, 1.165) is 22.4 Å². The number of anilines is 3. The standard InChI is InChI=1S/C14H15BrCl2N4/c1-4-18-13-7(2)14(20-8(3)19-13)21-10-6-5-9(15)11(16)12(10)17/h5-6H,4H2,1-3H3,(H2,18,19,20,21). The highest BCUT2D eigenvalue weighted by Crippen LogP contribution is 2.37. The molecule has 0 unspecified atom stereocenters. The predicted octanol–water partition coefficient (Wildman–Crippen LogP) is 5.34. The number of nitrogens with one attached hydrogen (secondary N) is 2. The minimum absolute atomic E-state index is 0.451. The molecule has 0 saturated heterocycles. The number of nitrogens with zero attached hydrogens (tertiary/aromatic N) is 2. The van der Waals surface area contributed by atoms with E-state index in [2.05, 4.69) is 36.5 Å². The van der Waals surface area contributed by atoms with Crippen LogP contribution in [0.5, 0.6) is 0 Å². The van der Waals surface area contributed by atoms with E-state index in [1.807, 2.05) is 32.9 Å². The molecule has 0 atom stereocenters. The van der Waals surface area contributed by atoms with Crippen molar-refractivity contribution >= 4 is 56.5 Å². The number of aryl methyl sites for hydroxylation is 1. The summed E-state index contributed by atoms with van der Waals surface area (Å²) in [6, 6.07) is 3.69. The molecule has 4 nitrogen and oxygen atoms in total. The number of aromatic nitrogens is 2. The smallest absolute Gasteiger partial charge is 0.139 e. The molecule has 1 aromatic heterocycles. The Balaban J connectivity index is 2.42. The van der Waals surface area contributed by atoms with Crippen LogP contribution in [0.1, 0.15) is 18.3 Å². The average molecular weight is 390 g/mol. The molecule has 0 aliphatic carbocycles. The summed E-state index contributed by atoms with van der Waals surface area (Å²) in [5.41, 5.74) is 1.63. The minimum Gasteiger partial charge on any atom is -0.370 e. The van der Waals surface area contributed by atoms with Gasteiger partial charge in [0.1, 0.15) is 17.5 Å². The minimum atomic E-state index is 0.451. The molecule has 0 amide bonds. The summed E-state index contributed by atoms with van der Waals surface area (Å²) >= 11 is 15.7. The number of hydrogen-bond donors (Lipinski definition) is 2. The van der Waals surface area contributed by atoms with Gasteiger partial charge in [0.25, 0.3) is 0 Å². The normalized spacial score (nSPS) is 10.6. The first kappa shape index (κ1) is 16.3. The van der Waals surface area contributed by atoms with Crippen LogP contribution in [0.4, 0.5) is 17.3 Å². The van der Waals surface area contributed by atoms with Gasteiger partial charge >= 0.3 is 0 Å². The second kappa shape index (κ2) is 6.81. The van der Waals surface area contributed by atoms with E-state index in [1.165, 1.54) is 0 Å². The number of hydrogen-bond acceptors (Lipinski definition) is 4. The molecule has 0 bridgehead atoms. The fraction of sp³-hybridized carbons (Fsp3) is 0.286. The molecule has 0 aliphatic heterocycles. The molecule has 1 aromatic carbocycles. The Hall–Kier alpha value is -1.04. The van der Waals surface area contributed by atoms with E-state index in [0.29, 0.717) is 27.4 Å². The fourth-order valence-corrected chi connectivity index (χ4v) is 2.66. The van der Waals surface area contributed by atoms with Gasteiger partial charge in [-0.3, -0.25) is 0 Å². The lowest BCUT2D eigenvalue weighted by Gasteiger charge is -2.15. The van der Waals surface area contributed by atoms with Gasteiger partial charge in [-0.15, -0.1) is 0 Å². The second-order valence-corrected chi connectivity index (χ2v) is 6.08. The molecule has 2 N–H and O–H groups in total. The molecule has 0 radical (unpaired) electrons. The summed E-state index contributed by atoms with van der Waals surface area (Å²) in [7, 11) is 0. The van der Waals surface area contributed by atoms with E-state index < -0.39 is 0 Å². The van der Waals surface area contributed by atoms with Crippen molar-refractivity contribution in [1.82, 2.24) is 9.97 Å². The lowest BCUT2D eigenvalue weighted by atomic mass is 10.2. The third-order valence-electron chi connectivity index (χ3n) is 2.89. The predicted molar refractivity (Wildman–Crippen MR) is 93.1 cm³/mol. The highest BCUT2D eigenvalue weighted by molar-refractivity contribution is 9.10. The molecule has 2 rings (SSSR count). The first-order valence-electron chi connectivity index (χ1n) is 6.43. The average Bonchev–Trinajstić information content (AvgIpc) is 2.44. The Morgan fingerprint density at radius 2 is 1.76 bits per heavy atom. The Kier molecular flexibility index (Phi) is 5.30. The topological polar surface area (TPSA) is 49.8 Å². The molecule has 7 heteroatoms. The van der Waals surface area contributed by atoms with Crippen molar-refractivity contribution in [2.24, 2.45) is 0 Å².